The Morgan fingerprint density at radius 3 is 2.50 bits per heavy atom. The van der Waals surface area contributed by atoms with Gasteiger partial charge < -0.3 is 14.4 Å². The Balaban J connectivity index is 1.54. The van der Waals surface area contributed by atoms with Crippen molar-refractivity contribution in [3.63, 3.8) is 0 Å². The second-order valence-corrected chi connectivity index (χ2v) is 9.82. The molecule has 7 heteroatoms. The first-order chi connectivity index (χ1) is 14.1. The Hall–Kier alpha value is -1.98. The van der Waals surface area contributed by atoms with Crippen LogP contribution in [0.5, 0.6) is 5.75 Å². The number of rotatable bonds is 4. The van der Waals surface area contributed by atoms with Gasteiger partial charge in [-0.3, -0.25) is 0 Å². The molecule has 0 spiro atoms. The molecule has 4 nitrogen and oxygen atoms in total. The van der Waals surface area contributed by atoms with Crippen LogP contribution in [0.1, 0.15) is 26.3 Å². The molecule has 2 aromatic carbocycles. The lowest BCUT2D eigenvalue weighted by atomic mass is 9.93. The van der Waals surface area contributed by atoms with E-state index in [4.69, 9.17) is 32.7 Å². The summed E-state index contributed by atoms with van der Waals surface area (Å²) in [5.41, 5.74) is 0.234. The lowest BCUT2D eigenvalue weighted by Crippen LogP contribution is -2.39. The number of benzene rings is 2. The van der Waals surface area contributed by atoms with Gasteiger partial charge in [0.1, 0.15) is 17.2 Å². The average molecular weight is 452 g/mol. The standard InChI is InChI=1S/C23H24Cl2FNO3/c1-22(2,3)30-21(28)27-11-17-18(12-29-16-7-5-15(26)6-8-16)23(17,13-27)14-4-9-19(24)20(25)10-14/h4-10,17-18H,11-13H2,1-3H3/t17-,18-,23+/m1/s1. The van der Waals surface area contributed by atoms with E-state index in [0.717, 1.165) is 5.56 Å². The Bertz CT molecular complexity index is 960. The molecule has 160 valence electrons. The summed E-state index contributed by atoms with van der Waals surface area (Å²) in [4.78, 5) is 14.4. The number of carbonyl (C=O) groups is 1. The first-order valence-corrected chi connectivity index (χ1v) is 10.7. The van der Waals surface area contributed by atoms with E-state index < -0.39 is 5.60 Å². The van der Waals surface area contributed by atoms with E-state index in [0.29, 0.717) is 35.5 Å². The number of fused-ring (bicyclic) bond motifs is 1. The summed E-state index contributed by atoms with van der Waals surface area (Å²) in [5, 5.41) is 0.984. The summed E-state index contributed by atoms with van der Waals surface area (Å²) in [6, 6.07) is 11.6. The molecule has 4 rings (SSSR count). The molecule has 1 aliphatic carbocycles. The second kappa shape index (κ2) is 7.61. The summed E-state index contributed by atoms with van der Waals surface area (Å²) in [6.07, 6.45) is -0.313. The zero-order chi connectivity index (χ0) is 21.7. The van der Waals surface area contributed by atoms with E-state index in [1.165, 1.54) is 12.1 Å². The minimum atomic E-state index is -0.550. The SMILES string of the molecule is CC(C)(C)OC(=O)N1C[C@@H]2[C@@H](COc3ccc(F)cc3)[C@]2(c2ccc(Cl)c(Cl)c2)C1. The van der Waals surface area contributed by atoms with Crippen LogP contribution in [-0.2, 0) is 10.2 Å². The van der Waals surface area contributed by atoms with Crippen LogP contribution in [0.2, 0.25) is 10.0 Å². The highest BCUT2D eigenvalue weighted by molar-refractivity contribution is 6.42. The minimum absolute atomic E-state index is 0.207. The number of carbonyl (C=O) groups excluding carboxylic acids is 1. The van der Waals surface area contributed by atoms with Crippen LogP contribution in [0.3, 0.4) is 0 Å². The van der Waals surface area contributed by atoms with Crippen molar-refractivity contribution in [1.29, 1.82) is 0 Å². The maximum absolute atomic E-state index is 13.1. The Morgan fingerprint density at radius 2 is 1.87 bits per heavy atom. The third kappa shape index (κ3) is 3.97. The predicted octanol–water partition coefficient (Wildman–Crippen LogP) is 5.95. The minimum Gasteiger partial charge on any atom is -0.493 e. The van der Waals surface area contributed by atoms with E-state index in [1.54, 1.807) is 23.1 Å². The molecule has 0 N–H and O–H groups in total. The number of ether oxygens (including phenoxy) is 2. The highest BCUT2D eigenvalue weighted by Crippen LogP contribution is 2.64. The molecular weight excluding hydrogens is 428 g/mol. The second-order valence-electron chi connectivity index (χ2n) is 9.01. The summed E-state index contributed by atoms with van der Waals surface area (Å²) >= 11 is 12.4. The van der Waals surface area contributed by atoms with Crippen molar-refractivity contribution in [2.75, 3.05) is 19.7 Å². The smallest absolute Gasteiger partial charge is 0.410 e. The van der Waals surface area contributed by atoms with Gasteiger partial charge in [-0.15, -0.1) is 0 Å². The van der Waals surface area contributed by atoms with Crippen LogP contribution in [0.15, 0.2) is 42.5 Å². The van der Waals surface area contributed by atoms with Gasteiger partial charge in [0, 0.05) is 24.4 Å². The average Bonchev–Trinajstić information content (AvgIpc) is 3.07. The Kier molecular flexibility index (Phi) is 5.39. The van der Waals surface area contributed by atoms with Gasteiger partial charge in [0.15, 0.2) is 0 Å². The van der Waals surface area contributed by atoms with Crippen molar-refractivity contribution in [2.45, 2.75) is 31.8 Å². The number of hydrogen-bond acceptors (Lipinski definition) is 3. The van der Waals surface area contributed by atoms with Crippen LogP contribution < -0.4 is 4.74 Å². The molecule has 1 saturated carbocycles. The summed E-state index contributed by atoms with van der Waals surface area (Å²) in [5.74, 6) is 0.752. The fraction of sp³-hybridized carbons (Fsp3) is 0.435. The normalized spacial score (nSPS) is 25.1. The fourth-order valence-corrected chi connectivity index (χ4v) is 4.80. The van der Waals surface area contributed by atoms with E-state index in [-0.39, 0.29) is 29.2 Å². The molecule has 2 aromatic rings. The number of halogens is 3. The van der Waals surface area contributed by atoms with Crippen molar-refractivity contribution >= 4 is 29.3 Å². The molecule has 30 heavy (non-hydrogen) atoms. The van der Waals surface area contributed by atoms with Crippen molar-refractivity contribution in [3.05, 3.63) is 63.9 Å². The molecule has 0 unspecified atom stereocenters. The monoisotopic (exact) mass is 451 g/mol. The van der Waals surface area contributed by atoms with Crippen LogP contribution in [0.25, 0.3) is 0 Å². The maximum atomic E-state index is 13.1. The highest BCUT2D eigenvalue weighted by Gasteiger charge is 2.70. The summed E-state index contributed by atoms with van der Waals surface area (Å²) < 4.78 is 24.6. The van der Waals surface area contributed by atoms with Gasteiger partial charge in [-0.1, -0.05) is 29.3 Å². The number of likely N-dealkylation sites (tertiary alicyclic amines) is 1. The van der Waals surface area contributed by atoms with E-state index in [2.05, 4.69) is 0 Å². The van der Waals surface area contributed by atoms with Crippen LogP contribution in [0.4, 0.5) is 9.18 Å². The quantitative estimate of drug-likeness (QED) is 0.576. The molecule has 0 aromatic heterocycles. The van der Waals surface area contributed by atoms with Crippen molar-refractivity contribution in [1.82, 2.24) is 4.90 Å². The van der Waals surface area contributed by atoms with Gasteiger partial charge in [0.2, 0.25) is 0 Å². The van der Waals surface area contributed by atoms with E-state index in [9.17, 15) is 9.18 Å². The summed E-state index contributed by atoms with van der Waals surface area (Å²) in [7, 11) is 0. The van der Waals surface area contributed by atoms with Gasteiger partial charge in [0.25, 0.3) is 0 Å². The molecule has 0 radical (unpaired) electrons. The predicted molar refractivity (Wildman–Crippen MR) is 115 cm³/mol. The largest absolute Gasteiger partial charge is 0.493 e. The number of amides is 1. The van der Waals surface area contributed by atoms with E-state index in [1.807, 2.05) is 32.9 Å². The van der Waals surface area contributed by atoms with Crippen LogP contribution in [-0.4, -0.2) is 36.3 Å². The number of nitrogens with zero attached hydrogens (tertiary/aromatic N) is 1. The van der Waals surface area contributed by atoms with Gasteiger partial charge in [0.05, 0.1) is 16.7 Å². The topological polar surface area (TPSA) is 38.8 Å². The summed E-state index contributed by atoms with van der Waals surface area (Å²) in [6.45, 7) is 7.16. The van der Waals surface area contributed by atoms with Crippen LogP contribution in [0, 0.1) is 17.7 Å². The lowest BCUT2D eigenvalue weighted by Gasteiger charge is -2.28. The number of piperidine rings is 1. The molecule has 1 saturated heterocycles. The van der Waals surface area contributed by atoms with Crippen LogP contribution >= 0.6 is 23.2 Å². The zero-order valence-corrected chi connectivity index (χ0v) is 18.6. The Labute approximate surface area is 185 Å². The van der Waals surface area contributed by atoms with Gasteiger partial charge >= 0.3 is 6.09 Å². The maximum Gasteiger partial charge on any atom is 0.410 e. The third-order valence-corrected chi connectivity index (χ3v) is 6.66. The molecular formula is C23H24Cl2FNO3. The molecule has 1 amide bonds. The molecule has 1 heterocycles. The first-order valence-electron chi connectivity index (χ1n) is 9.92. The van der Waals surface area contributed by atoms with Crippen molar-refractivity contribution in [2.24, 2.45) is 11.8 Å². The van der Waals surface area contributed by atoms with Gasteiger partial charge in [-0.05, 0) is 68.7 Å². The lowest BCUT2D eigenvalue weighted by molar-refractivity contribution is 0.0255. The van der Waals surface area contributed by atoms with E-state index >= 15 is 0 Å². The Morgan fingerprint density at radius 1 is 1.17 bits per heavy atom. The first kappa shape index (κ1) is 21.3. The molecule has 1 aliphatic heterocycles. The zero-order valence-electron chi connectivity index (χ0n) is 17.1. The van der Waals surface area contributed by atoms with Gasteiger partial charge in [-0.2, -0.15) is 0 Å². The number of hydrogen-bond donors (Lipinski definition) is 0. The van der Waals surface area contributed by atoms with Crippen molar-refractivity contribution in [3.8, 4) is 5.75 Å². The molecule has 0 bridgehead atoms. The fourth-order valence-electron chi connectivity index (χ4n) is 4.50. The van der Waals surface area contributed by atoms with Gasteiger partial charge in [-0.25, -0.2) is 9.18 Å². The molecule has 2 aliphatic rings. The van der Waals surface area contributed by atoms with Crippen molar-refractivity contribution < 1.29 is 18.7 Å². The highest BCUT2D eigenvalue weighted by atomic mass is 35.5. The molecule has 3 atom stereocenters. The third-order valence-electron chi connectivity index (χ3n) is 5.92. The molecule has 2 fully saturated rings.